The summed E-state index contributed by atoms with van der Waals surface area (Å²) in [5.74, 6) is 2.68. The van der Waals surface area contributed by atoms with Crippen molar-refractivity contribution in [2.24, 2.45) is 0 Å². The summed E-state index contributed by atoms with van der Waals surface area (Å²) in [4.78, 5) is 0. The number of rotatable bonds is 18. The van der Waals surface area contributed by atoms with Gasteiger partial charge in [0.25, 0.3) is 0 Å². The molecule has 0 atom stereocenters. The molecule has 7 heteroatoms. The summed E-state index contributed by atoms with van der Waals surface area (Å²) < 4.78 is 21.7. The highest BCUT2D eigenvalue weighted by Gasteiger charge is 2.50. The predicted molar refractivity (Wildman–Crippen MR) is 239 cm³/mol. The second-order valence-corrected chi connectivity index (χ2v) is 35.9. The van der Waals surface area contributed by atoms with Gasteiger partial charge in [-0.2, -0.15) is 0 Å². The zero-order valence-electron chi connectivity index (χ0n) is 36.4. The number of hydrogen-bond donors (Lipinski definition) is 0. The quantitative estimate of drug-likeness (QED) is 0.121. The highest BCUT2D eigenvalue weighted by molar-refractivity contribution is 6.96. The molecule has 0 saturated carbocycles. The largest absolute Gasteiger partial charge is 0.864 e. The molecule has 0 aliphatic heterocycles. The normalized spacial score (nSPS) is 13.2. The lowest BCUT2D eigenvalue weighted by molar-refractivity contribution is 0.310. The first-order valence-electron chi connectivity index (χ1n) is 20.5. The van der Waals surface area contributed by atoms with Crippen molar-refractivity contribution in [2.75, 3.05) is 0 Å². The average Bonchev–Trinajstić information content (AvgIpc) is 3.02. The van der Waals surface area contributed by atoms with Crippen molar-refractivity contribution in [1.82, 2.24) is 0 Å². The van der Waals surface area contributed by atoms with Crippen LogP contribution in [0.4, 0.5) is 0 Å². The zero-order valence-corrected chi connectivity index (χ0v) is 39.4. The Morgan fingerprint density at radius 3 is 0.654 bits per heavy atom. The summed E-state index contributed by atoms with van der Waals surface area (Å²) in [6.07, 6.45) is 0. The van der Waals surface area contributed by atoms with Crippen molar-refractivity contribution in [3.8, 4) is 17.2 Å². The van der Waals surface area contributed by atoms with Crippen LogP contribution < -0.4 is 29.5 Å². The summed E-state index contributed by atoms with van der Waals surface area (Å²) in [6, 6.07) is 26.4. The van der Waals surface area contributed by atoms with E-state index in [1.165, 1.54) is 15.6 Å². The molecule has 0 aromatic heterocycles. The topological polar surface area (TPSA) is 27.7 Å². The van der Waals surface area contributed by atoms with E-state index in [2.05, 4.69) is 197 Å². The fourth-order valence-electron chi connectivity index (χ4n) is 12.0. The van der Waals surface area contributed by atoms with Gasteiger partial charge in [-0.1, -0.05) is 179 Å². The Hall–Kier alpha value is -2.22. The Morgan fingerprint density at radius 1 is 0.308 bits per heavy atom. The van der Waals surface area contributed by atoms with Crippen LogP contribution in [0.2, 0.25) is 49.9 Å². The van der Waals surface area contributed by atoms with E-state index in [0.29, 0.717) is 49.9 Å². The van der Waals surface area contributed by atoms with E-state index in [1.807, 2.05) is 0 Å². The Kier molecular flexibility index (Phi) is 15.2. The summed E-state index contributed by atoms with van der Waals surface area (Å²) in [7, 11) is -7.25. The molecule has 0 N–H and O–H groups in total. The fraction of sp³-hybridized carbons (Fsp3) is 0.600. The predicted octanol–water partition coefficient (Wildman–Crippen LogP) is 12.9. The van der Waals surface area contributed by atoms with Crippen LogP contribution in [0.25, 0.3) is 0 Å². The average molecular weight is 759 g/mol. The maximum atomic E-state index is 7.23. The third-order valence-corrected chi connectivity index (χ3v) is 34.6. The zero-order chi connectivity index (χ0) is 39.3. The lowest BCUT2D eigenvalue weighted by Gasteiger charge is -2.45. The molecule has 0 fully saturated rings. The monoisotopic (exact) mass is 759 g/mol. The van der Waals surface area contributed by atoms with Gasteiger partial charge in [-0.25, -0.2) is 0 Å². The molecule has 0 aliphatic carbocycles. The molecule has 288 valence electrons. The molecule has 3 nitrogen and oxygen atoms in total. The van der Waals surface area contributed by atoms with Gasteiger partial charge in [-0.05, 0) is 83.6 Å². The van der Waals surface area contributed by atoms with Gasteiger partial charge < -0.3 is 14.0 Å². The van der Waals surface area contributed by atoms with Gasteiger partial charge in [0.15, 0.2) is 0 Å². The molecule has 0 amide bonds. The lowest BCUT2D eigenvalue weighted by Crippen LogP contribution is -2.58. The Bertz CT molecular complexity index is 1310. The van der Waals surface area contributed by atoms with Crippen LogP contribution in [-0.4, -0.2) is 31.5 Å². The minimum Gasteiger partial charge on any atom is -0.490 e. The third-order valence-electron chi connectivity index (χ3n) is 13.3. The SMILES string of the molecule is CC(C)[Si](c1ccccc1OB(Oc1ccccc1[Si](C(C)C)(C(C)C)C(C)C)Oc1ccccc1[Si](C(C)C)(C(C)C)C(C)C)(C(C)C)C(C)C. The third kappa shape index (κ3) is 7.93. The molecule has 52 heavy (non-hydrogen) atoms. The van der Waals surface area contributed by atoms with Crippen LogP contribution >= 0.6 is 0 Å². The standard InChI is InChI=1S/C45H75BO3Si3/c1-31(2)50(32(3)4,33(5)6)43-28-22-19-25-40(43)47-46(48-41-26-20-23-29-44(41)51(34(7)8,35(9)10)36(11)12)49-42-27-21-24-30-45(42)52(37(13)14,38(15)16)39(17)18/h19-39H,1-18H3. The van der Waals surface area contributed by atoms with Crippen molar-refractivity contribution >= 4 is 47.1 Å². The highest BCUT2D eigenvalue weighted by Crippen LogP contribution is 2.45. The molecule has 0 spiro atoms. The molecule has 0 radical (unpaired) electrons. The van der Waals surface area contributed by atoms with Crippen molar-refractivity contribution in [3.05, 3.63) is 72.8 Å². The van der Waals surface area contributed by atoms with E-state index < -0.39 is 31.5 Å². The number of benzene rings is 3. The van der Waals surface area contributed by atoms with Crippen LogP contribution in [0.1, 0.15) is 125 Å². The van der Waals surface area contributed by atoms with Gasteiger partial charge >= 0.3 is 7.32 Å². The summed E-state index contributed by atoms with van der Waals surface area (Å²) in [5, 5.41) is 4.08. The molecule has 0 aliphatic rings. The van der Waals surface area contributed by atoms with E-state index in [4.69, 9.17) is 14.0 Å². The van der Waals surface area contributed by atoms with Crippen molar-refractivity contribution in [2.45, 2.75) is 174 Å². The molecule has 0 saturated heterocycles. The fourth-order valence-corrected chi connectivity index (χ4v) is 32.4. The van der Waals surface area contributed by atoms with Gasteiger partial charge in [0.2, 0.25) is 0 Å². The van der Waals surface area contributed by atoms with Gasteiger partial charge in [-0.3, -0.25) is 0 Å². The van der Waals surface area contributed by atoms with Crippen molar-refractivity contribution in [1.29, 1.82) is 0 Å². The number of hydrogen-bond acceptors (Lipinski definition) is 3. The molecule has 3 aromatic carbocycles. The van der Waals surface area contributed by atoms with Gasteiger partial charge in [-0.15, -0.1) is 0 Å². The van der Waals surface area contributed by atoms with Crippen molar-refractivity contribution < 1.29 is 14.0 Å². The van der Waals surface area contributed by atoms with Crippen LogP contribution in [0, 0.1) is 0 Å². The highest BCUT2D eigenvalue weighted by atomic mass is 28.3. The van der Waals surface area contributed by atoms with E-state index in [9.17, 15) is 0 Å². The van der Waals surface area contributed by atoms with Gasteiger partial charge in [0.05, 0.1) is 24.2 Å². The molecule has 3 rings (SSSR count). The first-order valence-corrected chi connectivity index (χ1v) is 27.2. The molecule has 0 unspecified atom stereocenters. The first kappa shape index (κ1) is 44.2. The van der Waals surface area contributed by atoms with E-state index in [1.54, 1.807) is 0 Å². The molecular formula is C45H75BO3Si3. The summed E-state index contributed by atoms with van der Waals surface area (Å²) in [5.41, 5.74) is 4.78. The van der Waals surface area contributed by atoms with E-state index in [-0.39, 0.29) is 0 Å². The smallest absolute Gasteiger partial charge is 0.490 e. The molecule has 0 heterocycles. The molecular weight excluding hydrogens is 684 g/mol. The maximum Gasteiger partial charge on any atom is 0.864 e. The van der Waals surface area contributed by atoms with E-state index >= 15 is 0 Å². The molecule has 3 aromatic rings. The Morgan fingerprint density at radius 2 is 0.481 bits per heavy atom. The van der Waals surface area contributed by atoms with Crippen LogP contribution in [0.3, 0.4) is 0 Å². The summed E-state index contributed by atoms with van der Waals surface area (Å²) >= 11 is 0. The van der Waals surface area contributed by atoms with Gasteiger partial charge in [0.1, 0.15) is 17.2 Å². The first-order chi connectivity index (χ1) is 24.3. The maximum absolute atomic E-state index is 7.23. The minimum absolute atomic E-state index is 0.531. The Labute approximate surface area is 324 Å². The van der Waals surface area contributed by atoms with Crippen LogP contribution in [-0.2, 0) is 0 Å². The number of para-hydroxylation sites is 3. The summed E-state index contributed by atoms with van der Waals surface area (Å²) in [6.45, 7) is 43.5. The Balaban J connectivity index is 2.38. The van der Waals surface area contributed by atoms with E-state index in [0.717, 1.165) is 17.2 Å². The van der Waals surface area contributed by atoms with Crippen LogP contribution in [0.15, 0.2) is 72.8 Å². The lowest BCUT2D eigenvalue weighted by atomic mass is 10.2. The van der Waals surface area contributed by atoms with Gasteiger partial charge in [0, 0.05) is 0 Å². The second kappa shape index (κ2) is 17.9. The van der Waals surface area contributed by atoms with Crippen molar-refractivity contribution in [3.63, 3.8) is 0 Å². The molecule has 0 bridgehead atoms. The minimum atomic E-state index is -2.09. The second-order valence-electron chi connectivity index (χ2n) is 18.3. The van der Waals surface area contributed by atoms with Crippen LogP contribution in [0.5, 0.6) is 17.2 Å².